The minimum absolute atomic E-state index is 0.254. The molecule has 0 bridgehead atoms. The number of ether oxygens (including phenoxy) is 1. The third-order valence-corrected chi connectivity index (χ3v) is 4.11. The Bertz CT molecular complexity index is 877. The van der Waals surface area contributed by atoms with Crippen molar-refractivity contribution in [2.75, 3.05) is 7.11 Å². The Balaban J connectivity index is 1.73. The topological polar surface area (TPSA) is 50.7 Å². The van der Waals surface area contributed by atoms with Gasteiger partial charge in [-0.15, -0.1) is 0 Å². The molecule has 0 aliphatic carbocycles. The molecule has 1 aliphatic heterocycles. The molecule has 0 fully saturated rings. The van der Waals surface area contributed by atoms with Gasteiger partial charge >= 0.3 is 0 Å². The van der Waals surface area contributed by atoms with Crippen LogP contribution in [0, 0.1) is 5.82 Å². The molecule has 128 valence electrons. The number of aliphatic imine (C=N–C) groups is 1. The van der Waals surface area contributed by atoms with Gasteiger partial charge in [-0.3, -0.25) is 4.79 Å². The van der Waals surface area contributed by atoms with E-state index in [9.17, 15) is 9.18 Å². The van der Waals surface area contributed by atoms with E-state index in [1.807, 2.05) is 0 Å². The second-order valence-corrected chi connectivity index (χ2v) is 5.93. The summed E-state index contributed by atoms with van der Waals surface area (Å²) in [6, 6.07) is 11.8. The molecule has 25 heavy (non-hydrogen) atoms. The maximum absolute atomic E-state index is 13.6. The van der Waals surface area contributed by atoms with E-state index in [-0.39, 0.29) is 11.7 Å². The number of aryl methyl sites for hydroxylation is 1. The van der Waals surface area contributed by atoms with E-state index in [2.05, 4.69) is 10.3 Å². The van der Waals surface area contributed by atoms with E-state index in [0.29, 0.717) is 40.7 Å². The van der Waals surface area contributed by atoms with Gasteiger partial charge in [-0.2, -0.15) is 0 Å². The Kier molecular flexibility index (Phi) is 5.14. The molecule has 6 heteroatoms. The zero-order chi connectivity index (χ0) is 17.8. The van der Waals surface area contributed by atoms with Crippen LogP contribution < -0.4 is 10.1 Å². The number of carbonyl (C=O) groups is 1. The molecule has 0 radical (unpaired) electrons. The van der Waals surface area contributed by atoms with Gasteiger partial charge in [0.25, 0.3) is 5.91 Å². The summed E-state index contributed by atoms with van der Waals surface area (Å²) >= 11 is 6.09. The van der Waals surface area contributed by atoms with Crippen LogP contribution in [0.1, 0.15) is 17.5 Å². The van der Waals surface area contributed by atoms with Crippen molar-refractivity contribution in [2.24, 2.45) is 4.99 Å². The fraction of sp³-hybridized carbons (Fsp3) is 0.158. The van der Waals surface area contributed by atoms with E-state index in [0.717, 1.165) is 5.56 Å². The van der Waals surface area contributed by atoms with Gasteiger partial charge in [-0.05, 0) is 41.8 Å². The first-order valence-corrected chi connectivity index (χ1v) is 8.12. The van der Waals surface area contributed by atoms with Crippen molar-refractivity contribution in [1.29, 1.82) is 0 Å². The van der Waals surface area contributed by atoms with Crippen molar-refractivity contribution in [2.45, 2.75) is 12.8 Å². The van der Waals surface area contributed by atoms with Gasteiger partial charge in [-0.25, -0.2) is 9.38 Å². The minimum Gasteiger partial charge on any atom is -0.495 e. The van der Waals surface area contributed by atoms with Gasteiger partial charge < -0.3 is 10.1 Å². The summed E-state index contributed by atoms with van der Waals surface area (Å²) in [5, 5.41) is 3.17. The van der Waals surface area contributed by atoms with Gasteiger partial charge in [0, 0.05) is 6.42 Å². The minimum atomic E-state index is -0.282. The first kappa shape index (κ1) is 17.2. The number of hydrogen-bond donors (Lipinski definition) is 1. The van der Waals surface area contributed by atoms with Crippen molar-refractivity contribution < 1.29 is 13.9 Å². The number of methoxy groups -OCH3 is 1. The normalized spacial score (nSPS) is 15.2. The lowest BCUT2D eigenvalue weighted by Gasteiger charge is -2.03. The summed E-state index contributed by atoms with van der Waals surface area (Å²) in [4.78, 5) is 16.4. The summed E-state index contributed by atoms with van der Waals surface area (Å²) in [5.41, 5.74) is 1.64. The molecule has 2 aromatic rings. The maximum atomic E-state index is 13.6. The summed E-state index contributed by atoms with van der Waals surface area (Å²) in [6.07, 6.45) is 2.57. The molecule has 1 aliphatic rings. The van der Waals surface area contributed by atoms with Crippen molar-refractivity contribution in [3.8, 4) is 5.75 Å². The van der Waals surface area contributed by atoms with Crippen molar-refractivity contribution in [3.05, 3.63) is 70.1 Å². The largest absolute Gasteiger partial charge is 0.495 e. The number of amidine groups is 1. The van der Waals surface area contributed by atoms with Crippen LogP contribution in [0.25, 0.3) is 6.08 Å². The molecule has 0 atom stereocenters. The van der Waals surface area contributed by atoms with Crippen LogP contribution in [0.4, 0.5) is 4.39 Å². The fourth-order valence-electron chi connectivity index (χ4n) is 2.52. The van der Waals surface area contributed by atoms with Gasteiger partial charge in [-0.1, -0.05) is 35.9 Å². The SMILES string of the molecule is COc1ccc(/C=C2/N=C(CCc3ccccc3F)NC2=O)cc1Cl. The number of carbonyl (C=O) groups excluding carboxylic acids is 1. The quantitative estimate of drug-likeness (QED) is 0.822. The molecule has 1 amide bonds. The Morgan fingerprint density at radius 1 is 1.24 bits per heavy atom. The molecule has 2 aromatic carbocycles. The third-order valence-electron chi connectivity index (χ3n) is 3.81. The number of hydrogen-bond acceptors (Lipinski definition) is 3. The molecule has 0 saturated heterocycles. The van der Waals surface area contributed by atoms with Crippen molar-refractivity contribution >= 4 is 29.4 Å². The van der Waals surface area contributed by atoms with Crippen LogP contribution >= 0.6 is 11.6 Å². The molecule has 1 N–H and O–H groups in total. The zero-order valence-electron chi connectivity index (χ0n) is 13.6. The molecule has 0 aromatic heterocycles. The average molecular weight is 359 g/mol. The van der Waals surface area contributed by atoms with Crippen LogP contribution in [0.2, 0.25) is 5.02 Å². The van der Waals surface area contributed by atoms with E-state index < -0.39 is 0 Å². The summed E-state index contributed by atoms with van der Waals surface area (Å²) < 4.78 is 18.7. The van der Waals surface area contributed by atoms with Crippen LogP contribution in [-0.2, 0) is 11.2 Å². The van der Waals surface area contributed by atoms with Gasteiger partial charge in [0.15, 0.2) is 0 Å². The standard InChI is InChI=1S/C19H16ClFN2O2/c1-25-17-8-6-12(10-14(17)20)11-16-19(24)23-18(22-16)9-7-13-4-2-3-5-15(13)21/h2-6,8,10-11H,7,9H2,1H3,(H,22,23,24)/b16-11+. The third kappa shape index (κ3) is 4.06. The van der Waals surface area contributed by atoms with E-state index in [1.54, 1.807) is 42.5 Å². The highest BCUT2D eigenvalue weighted by Gasteiger charge is 2.20. The fourth-order valence-corrected chi connectivity index (χ4v) is 2.79. The lowest BCUT2D eigenvalue weighted by atomic mass is 10.1. The lowest BCUT2D eigenvalue weighted by molar-refractivity contribution is -0.115. The average Bonchev–Trinajstić information content (AvgIpc) is 2.94. The Labute approximate surface area is 150 Å². The van der Waals surface area contributed by atoms with Crippen molar-refractivity contribution in [3.63, 3.8) is 0 Å². The first-order valence-electron chi connectivity index (χ1n) is 7.74. The van der Waals surface area contributed by atoms with E-state index in [4.69, 9.17) is 16.3 Å². The number of benzene rings is 2. The van der Waals surface area contributed by atoms with Crippen LogP contribution in [-0.4, -0.2) is 18.9 Å². The number of nitrogens with one attached hydrogen (secondary N) is 1. The Morgan fingerprint density at radius 2 is 2.04 bits per heavy atom. The summed E-state index contributed by atoms with van der Waals surface area (Å²) in [5.74, 6) is 0.555. The highest BCUT2D eigenvalue weighted by Crippen LogP contribution is 2.26. The zero-order valence-corrected chi connectivity index (χ0v) is 14.3. The Hall–Kier alpha value is -2.66. The van der Waals surface area contributed by atoms with Gasteiger partial charge in [0.1, 0.15) is 23.1 Å². The van der Waals surface area contributed by atoms with Crippen LogP contribution in [0.3, 0.4) is 0 Å². The van der Waals surface area contributed by atoms with Crippen LogP contribution in [0.15, 0.2) is 53.2 Å². The second kappa shape index (κ2) is 7.49. The summed E-state index contributed by atoms with van der Waals surface area (Å²) in [7, 11) is 1.54. The maximum Gasteiger partial charge on any atom is 0.275 e. The predicted octanol–water partition coefficient (Wildman–Crippen LogP) is 3.99. The smallest absolute Gasteiger partial charge is 0.275 e. The van der Waals surface area contributed by atoms with E-state index in [1.165, 1.54) is 13.2 Å². The van der Waals surface area contributed by atoms with Gasteiger partial charge in [0.2, 0.25) is 0 Å². The molecule has 4 nitrogen and oxygen atoms in total. The van der Waals surface area contributed by atoms with Crippen molar-refractivity contribution in [1.82, 2.24) is 5.32 Å². The molecular weight excluding hydrogens is 343 g/mol. The number of amides is 1. The molecule has 0 unspecified atom stereocenters. The number of halogens is 2. The number of nitrogens with zero attached hydrogens (tertiary/aromatic N) is 1. The molecular formula is C19H16ClFN2O2. The lowest BCUT2D eigenvalue weighted by Crippen LogP contribution is -2.24. The Morgan fingerprint density at radius 3 is 2.76 bits per heavy atom. The highest BCUT2D eigenvalue weighted by molar-refractivity contribution is 6.32. The van der Waals surface area contributed by atoms with Gasteiger partial charge in [0.05, 0.1) is 12.1 Å². The number of rotatable bonds is 5. The van der Waals surface area contributed by atoms with E-state index >= 15 is 0 Å². The summed E-state index contributed by atoms with van der Waals surface area (Å²) in [6.45, 7) is 0. The highest BCUT2D eigenvalue weighted by atomic mass is 35.5. The first-order chi connectivity index (χ1) is 12.1. The molecule has 0 spiro atoms. The van der Waals surface area contributed by atoms with Crippen LogP contribution in [0.5, 0.6) is 5.75 Å². The molecule has 3 rings (SSSR count). The molecule has 1 heterocycles. The second-order valence-electron chi connectivity index (χ2n) is 5.53. The molecule has 0 saturated carbocycles. The predicted molar refractivity (Wildman–Crippen MR) is 96.3 cm³/mol. The monoisotopic (exact) mass is 358 g/mol.